The SMILES string of the molecule is C=C(C)COC(=O)c1ccc2c(c1)C(=O)N(c1ccc(OCC)cc1)C2=O. The fourth-order valence-electron chi connectivity index (χ4n) is 2.73. The van der Waals surface area contributed by atoms with E-state index in [-0.39, 0.29) is 23.3 Å². The normalized spacial score (nSPS) is 12.7. The maximum atomic E-state index is 12.8. The molecule has 1 heterocycles. The number of carbonyl (C=O) groups excluding carboxylic acids is 3. The number of carbonyl (C=O) groups is 3. The fraction of sp³-hybridized carbons (Fsp3) is 0.190. The second-order valence-electron chi connectivity index (χ2n) is 6.17. The van der Waals surface area contributed by atoms with E-state index < -0.39 is 17.8 Å². The molecule has 0 spiro atoms. The van der Waals surface area contributed by atoms with Crippen LogP contribution < -0.4 is 9.64 Å². The van der Waals surface area contributed by atoms with Crippen LogP contribution in [-0.2, 0) is 4.74 Å². The predicted molar refractivity (Wildman–Crippen MR) is 100 cm³/mol. The van der Waals surface area contributed by atoms with Crippen molar-refractivity contribution in [1.29, 1.82) is 0 Å². The van der Waals surface area contributed by atoms with Gasteiger partial charge in [-0.1, -0.05) is 6.58 Å². The molecule has 0 aliphatic carbocycles. The highest BCUT2D eigenvalue weighted by Gasteiger charge is 2.37. The molecule has 0 aromatic heterocycles. The van der Waals surface area contributed by atoms with Crippen LogP contribution in [0.5, 0.6) is 5.75 Å². The van der Waals surface area contributed by atoms with Gasteiger partial charge in [0, 0.05) is 0 Å². The van der Waals surface area contributed by atoms with Crippen molar-refractivity contribution >= 4 is 23.5 Å². The number of imide groups is 1. The Bertz CT molecular complexity index is 930. The Balaban J connectivity index is 1.86. The van der Waals surface area contributed by atoms with Crippen LogP contribution in [0, 0.1) is 0 Å². The lowest BCUT2D eigenvalue weighted by Crippen LogP contribution is -2.29. The number of rotatable bonds is 6. The number of amides is 2. The Morgan fingerprint density at radius 2 is 1.70 bits per heavy atom. The number of nitrogens with zero attached hydrogens (tertiary/aromatic N) is 1. The van der Waals surface area contributed by atoms with E-state index in [4.69, 9.17) is 9.47 Å². The first-order valence-electron chi connectivity index (χ1n) is 8.49. The van der Waals surface area contributed by atoms with Crippen LogP contribution in [0.15, 0.2) is 54.6 Å². The van der Waals surface area contributed by atoms with E-state index in [1.54, 1.807) is 31.2 Å². The van der Waals surface area contributed by atoms with Crippen LogP contribution in [0.1, 0.15) is 44.9 Å². The number of esters is 1. The van der Waals surface area contributed by atoms with Crippen LogP contribution in [0.3, 0.4) is 0 Å². The maximum absolute atomic E-state index is 12.8. The summed E-state index contributed by atoms with van der Waals surface area (Å²) >= 11 is 0. The van der Waals surface area contributed by atoms with Gasteiger partial charge in [-0.05, 0) is 61.9 Å². The third-order valence-electron chi connectivity index (χ3n) is 3.98. The molecule has 0 N–H and O–H groups in total. The van der Waals surface area contributed by atoms with E-state index in [9.17, 15) is 14.4 Å². The van der Waals surface area contributed by atoms with Gasteiger partial charge in [-0.3, -0.25) is 9.59 Å². The molecule has 0 fully saturated rings. The van der Waals surface area contributed by atoms with E-state index >= 15 is 0 Å². The van der Waals surface area contributed by atoms with Gasteiger partial charge in [0.25, 0.3) is 11.8 Å². The lowest BCUT2D eigenvalue weighted by molar-refractivity contribution is 0.0540. The number of anilines is 1. The molecule has 3 rings (SSSR count). The first-order valence-corrected chi connectivity index (χ1v) is 8.49. The quantitative estimate of drug-likeness (QED) is 0.444. The van der Waals surface area contributed by atoms with E-state index in [0.29, 0.717) is 23.6 Å². The van der Waals surface area contributed by atoms with E-state index in [1.807, 2.05) is 6.92 Å². The van der Waals surface area contributed by atoms with E-state index in [0.717, 1.165) is 4.90 Å². The molecule has 2 aromatic rings. The molecular formula is C21H19NO5. The molecule has 0 atom stereocenters. The zero-order valence-corrected chi connectivity index (χ0v) is 15.2. The molecule has 2 aromatic carbocycles. The van der Waals surface area contributed by atoms with Crippen molar-refractivity contribution < 1.29 is 23.9 Å². The lowest BCUT2D eigenvalue weighted by Gasteiger charge is -2.14. The minimum Gasteiger partial charge on any atom is -0.494 e. The summed E-state index contributed by atoms with van der Waals surface area (Å²) in [5, 5.41) is 0. The number of fused-ring (bicyclic) bond motifs is 1. The third kappa shape index (κ3) is 3.60. The molecule has 0 radical (unpaired) electrons. The molecule has 6 heteroatoms. The van der Waals surface area contributed by atoms with Crippen LogP contribution in [-0.4, -0.2) is 31.0 Å². The van der Waals surface area contributed by atoms with Crippen molar-refractivity contribution in [2.24, 2.45) is 0 Å². The zero-order valence-electron chi connectivity index (χ0n) is 15.2. The molecule has 1 aliphatic rings. The van der Waals surface area contributed by atoms with Crippen molar-refractivity contribution in [3.63, 3.8) is 0 Å². The summed E-state index contributed by atoms with van der Waals surface area (Å²) in [7, 11) is 0. The average Bonchev–Trinajstić information content (AvgIpc) is 2.91. The number of hydrogen-bond acceptors (Lipinski definition) is 5. The van der Waals surface area contributed by atoms with Gasteiger partial charge >= 0.3 is 5.97 Å². The molecule has 2 amide bonds. The van der Waals surface area contributed by atoms with Crippen molar-refractivity contribution in [3.8, 4) is 5.75 Å². The first-order chi connectivity index (χ1) is 12.9. The van der Waals surface area contributed by atoms with Gasteiger partial charge in [-0.2, -0.15) is 0 Å². The molecule has 0 unspecified atom stereocenters. The summed E-state index contributed by atoms with van der Waals surface area (Å²) in [6.45, 7) is 7.91. The summed E-state index contributed by atoms with van der Waals surface area (Å²) in [5.74, 6) is -0.823. The summed E-state index contributed by atoms with van der Waals surface area (Å²) in [4.78, 5) is 38.6. The second kappa shape index (κ2) is 7.45. The molecule has 0 saturated carbocycles. The highest BCUT2D eigenvalue weighted by Crippen LogP contribution is 2.30. The average molecular weight is 365 g/mol. The van der Waals surface area contributed by atoms with Crippen LogP contribution in [0.2, 0.25) is 0 Å². The smallest absolute Gasteiger partial charge is 0.338 e. The topological polar surface area (TPSA) is 72.9 Å². The zero-order chi connectivity index (χ0) is 19.6. The Kier molecular flexibility index (Phi) is 5.07. The second-order valence-corrected chi connectivity index (χ2v) is 6.17. The van der Waals surface area contributed by atoms with Gasteiger partial charge < -0.3 is 9.47 Å². The van der Waals surface area contributed by atoms with E-state index in [2.05, 4.69) is 6.58 Å². The molecule has 27 heavy (non-hydrogen) atoms. The molecular weight excluding hydrogens is 346 g/mol. The molecule has 1 aliphatic heterocycles. The number of ether oxygens (including phenoxy) is 2. The Morgan fingerprint density at radius 1 is 1.04 bits per heavy atom. The number of benzene rings is 2. The lowest BCUT2D eigenvalue weighted by atomic mass is 10.1. The summed E-state index contributed by atoms with van der Waals surface area (Å²) in [6, 6.07) is 11.0. The largest absolute Gasteiger partial charge is 0.494 e. The standard InChI is InChI=1S/C21H19NO5/c1-4-26-16-8-6-15(7-9-16)22-19(23)17-10-5-14(11-18(17)20(22)24)21(25)27-12-13(2)3/h5-11H,2,4,12H2,1,3H3. The Labute approximate surface area is 157 Å². The first kappa shape index (κ1) is 18.4. The van der Waals surface area contributed by atoms with Gasteiger partial charge in [0.2, 0.25) is 0 Å². The minimum atomic E-state index is -0.569. The summed E-state index contributed by atoms with van der Waals surface area (Å²) in [6.07, 6.45) is 0. The number of hydrogen-bond donors (Lipinski definition) is 0. The van der Waals surface area contributed by atoms with Gasteiger partial charge in [0.1, 0.15) is 12.4 Å². The van der Waals surface area contributed by atoms with Gasteiger partial charge in [0.15, 0.2) is 0 Å². The third-order valence-corrected chi connectivity index (χ3v) is 3.98. The summed E-state index contributed by atoms with van der Waals surface area (Å²) < 4.78 is 10.5. The van der Waals surface area contributed by atoms with Gasteiger partial charge in [0.05, 0.1) is 29.0 Å². The minimum absolute atomic E-state index is 0.0983. The van der Waals surface area contributed by atoms with Gasteiger partial charge in [-0.15, -0.1) is 0 Å². The monoisotopic (exact) mass is 365 g/mol. The molecule has 0 saturated heterocycles. The van der Waals surface area contributed by atoms with Crippen molar-refractivity contribution in [1.82, 2.24) is 0 Å². The van der Waals surface area contributed by atoms with Crippen LogP contribution in [0.4, 0.5) is 5.69 Å². The fourth-order valence-corrected chi connectivity index (χ4v) is 2.73. The highest BCUT2D eigenvalue weighted by molar-refractivity contribution is 6.34. The van der Waals surface area contributed by atoms with Gasteiger partial charge in [-0.25, -0.2) is 9.69 Å². The highest BCUT2D eigenvalue weighted by atomic mass is 16.5. The molecule has 0 bridgehead atoms. The Morgan fingerprint density at radius 3 is 2.33 bits per heavy atom. The van der Waals surface area contributed by atoms with E-state index in [1.165, 1.54) is 18.2 Å². The maximum Gasteiger partial charge on any atom is 0.338 e. The van der Waals surface area contributed by atoms with Crippen LogP contribution in [0.25, 0.3) is 0 Å². The van der Waals surface area contributed by atoms with Crippen LogP contribution >= 0.6 is 0 Å². The predicted octanol–water partition coefficient (Wildman–Crippen LogP) is 3.62. The molecule has 138 valence electrons. The van der Waals surface area contributed by atoms with Crippen molar-refractivity contribution in [3.05, 3.63) is 71.3 Å². The summed E-state index contributed by atoms with van der Waals surface area (Å²) in [5.41, 5.74) is 1.79. The van der Waals surface area contributed by atoms with Crippen molar-refractivity contribution in [2.45, 2.75) is 13.8 Å². The molecule has 6 nitrogen and oxygen atoms in total. The van der Waals surface area contributed by atoms with Crippen molar-refractivity contribution in [2.75, 3.05) is 18.1 Å². The Hall–Kier alpha value is -3.41.